The first-order valence-corrected chi connectivity index (χ1v) is 11.9. The van der Waals surface area contributed by atoms with Gasteiger partial charge >= 0.3 is 5.69 Å². The lowest BCUT2D eigenvalue weighted by Crippen LogP contribution is -2.46. The average molecular weight is 519 g/mol. The summed E-state index contributed by atoms with van der Waals surface area (Å²) in [6, 6.07) is 22.0. The number of fused-ring (bicyclic) bond motifs is 6. The number of hydrogen-bond donors (Lipinski definition) is 4. The molecule has 0 saturated heterocycles. The molecule has 2 aliphatic rings. The number of para-hydroxylation sites is 1. The van der Waals surface area contributed by atoms with Crippen molar-refractivity contribution in [3.63, 3.8) is 0 Å². The molecule has 12 nitrogen and oxygen atoms in total. The zero-order valence-electron chi connectivity index (χ0n) is 19.9. The molecule has 0 aliphatic carbocycles. The van der Waals surface area contributed by atoms with Gasteiger partial charge < -0.3 is 10.6 Å². The lowest BCUT2D eigenvalue weighted by Gasteiger charge is -2.34. The SMILES string of the molecule is O=C1Nc2ccccc2C12c1c(-c3ccccc3)nn(-c3ccc([N+](=O)[O-])cc3)c1Nc1[nH]c(=O)[nH]c(=O)c12. The Bertz CT molecular complexity index is 1960. The van der Waals surface area contributed by atoms with E-state index >= 15 is 0 Å². The molecular weight excluding hydrogens is 502 g/mol. The fourth-order valence-electron chi connectivity index (χ4n) is 5.52. The van der Waals surface area contributed by atoms with Crippen LogP contribution in [0.2, 0.25) is 0 Å². The molecule has 1 unspecified atom stereocenters. The van der Waals surface area contributed by atoms with Gasteiger partial charge in [-0.05, 0) is 18.2 Å². The second kappa shape index (κ2) is 7.86. The summed E-state index contributed by atoms with van der Waals surface area (Å²) in [6.45, 7) is 0. The highest BCUT2D eigenvalue weighted by atomic mass is 16.6. The van der Waals surface area contributed by atoms with Crippen LogP contribution in [0.5, 0.6) is 0 Å². The number of non-ortho nitro benzene ring substituents is 1. The fraction of sp³-hybridized carbons (Fsp3) is 0.0370. The van der Waals surface area contributed by atoms with Gasteiger partial charge in [-0.3, -0.25) is 29.7 Å². The van der Waals surface area contributed by atoms with Crippen LogP contribution in [-0.4, -0.2) is 30.6 Å². The van der Waals surface area contributed by atoms with E-state index in [1.807, 2.05) is 30.3 Å². The van der Waals surface area contributed by atoms with Crippen LogP contribution < -0.4 is 21.9 Å². The zero-order chi connectivity index (χ0) is 26.9. The Hall–Kier alpha value is -5.78. The average Bonchev–Trinajstić information content (AvgIpc) is 3.45. The maximum Gasteiger partial charge on any atom is 0.327 e. The normalized spacial score (nSPS) is 16.7. The molecule has 4 N–H and O–H groups in total. The van der Waals surface area contributed by atoms with Crippen LogP contribution >= 0.6 is 0 Å². The maximum atomic E-state index is 14.1. The smallest absolute Gasteiger partial charge is 0.326 e. The Morgan fingerprint density at radius 3 is 2.28 bits per heavy atom. The summed E-state index contributed by atoms with van der Waals surface area (Å²) in [5, 5.41) is 22.2. The fourth-order valence-corrected chi connectivity index (χ4v) is 5.52. The quantitative estimate of drug-likeness (QED) is 0.210. The molecule has 39 heavy (non-hydrogen) atoms. The second-order valence-corrected chi connectivity index (χ2v) is 9.16. The van der Waals surface area contributed by atoms with Crippen molar-refractivity contribution in [3.8, 4) is 16.9 Å². The standard InChI is InChI=1S/C27H17N7O5/c35-24-20-22(30-26(37)31-24)29-23-19(27(20)17-8-4-5-9-18(17)28-25(27)36)21(14-6-2-1-3-7-14)32-33(23)15-10-12-16(13-11-15)34(38)39/h1-13H,(H,28,36)(H3,29,30,31,35,37). The molecule has 1 atom stereocenters. The molecule has 1 spiro atoms. The number of H-pyrrole nitrogens is 2. The minimum atomic E-state index is -1.67. The van der Waals surface area contributed by atoms with Crippen molar-refractivity contribution in [1.29, 1.82) is 0 Å². The number of carbonyl (C=O) groups excluding carboxylic acids is 1. The van der Waals surface area contributed by atoms with Gasteiger partial charge in [-0.25, -0.2) is 9.48 Å². The van der Waals surface area contributed by atoms with Gasteiger partial charge in [0.05, 0.1) is 21.9 Å². The number of aromatic nitrogens is 4. The molecule has 5 aromatic rings. The summed E-state index contributed by atoms with van der Waals surface area (Å²) >= 11 is 0. The van der Waals surface area contributed by atoms with E-state index in [-0.39, 0.29) is 17.1 Å². The monoisotopic (exact) mass is 519 g/mol. The molecule has 7 rings (SSSR count). The van der Waals surface area contributed by atoms with E-state index in [0.29, 0.717) is 39.6 Å². The minimum absolute atomic E-state index is 0.0254. The second-order valence-electron chi connectivity index (χ2n) is 9.16. The molecule has 2 aromatic heterocycles. The number of benzene rings is 3. The van der Waals surface area contributed by atoms with Crippen molar-refractivity contribution in [2.75, 3.05) is 10.6 Å². The van der Waals surface area contributed by atoms with Crippen LogP contribution in [0.15, 0.2) is 88.5 Å². The van der Waals surface area contributed by atoms with E-state index in [0.717, 1.165) is 0 Å². The summed E-state index contributed by atoms with van der Waals surface area (Å²) in [4.78, 5) is 55.6. The van der Waals surface area contributed by atoms with Gasteiger partial charge in [0.2, 0.25) is 5.91 Å². The number of hydrogen-bond acceptors (Lipinski definition) is 7. The lowest BCUT2D eigenvalue weighted by atomic mass is 9.68. The van der Waals surface area contributed by atoms with Crippen molar-refractivity contribution in [2.24, 2.45) is 0 Å². The Kier molecular flexibility index (Phi) is 4.52. The summed E-state index contributed by atoms with van der Waals surface area (Å²) in [5.41, 5.74) is -0.211. The largest absolute Gasteiger partial charge is 0.327 e. The minimum Gasteiger partial charge on any atom is -0.326 e. The van der Waals surface area contributed by atoms with E-state index in [1.165, 1.54) is 28.9 Å². The summed E-state index contributed by atoms with van der Waals surface area (Å²) in [6.07, 6.45) is 0. The van der Waals surface area contributed by atoms with Gasteiger partial charge in [-0.2, -0.15) is 5.10 Å². The van der Waals surface area contributed by atoms with Crippen molar-refractivity contribution in [3.05, 3.63) is 127 Å². The highest BCUT2D eigenvalue weighted by molar-refractivity contribution is 6.14. The Labute approximate surface area is 218 Å². The van der Waals surface area contributed by atoms with Crippen LogP contribution in [0, 0.1) is 10.1 Å². The van der Waals surface area contributed by atoms with Crippen LogP contribution in [-0.2, 0) is 10.2 Å². The molecule has 2 aliphatic heterocycles. The molecule has 0 fully saturated rings. The number of carbonyl (C=O) groups is 1. The van der Waals surface area contributed by atoms with Crippen molar-refractivity contribution >= 4 is 28.9 Å². The number of nitro benzene ring substituents is 1. The number of nitro groups is 1. The molecule has 190 valence electrons. The first-order valence-electron chi connectivity index (χ1n) is 11.9. The van der Waals surface area contributed by atoms with E-state index in [1.54, 1.807) is 24.3 Å². The van der Waals surface area contributed by atoms with Crippen molar-refractivity contribution in [1.82, 2.24) is 19.7 Å². The molecule has 0 saturated carbocycles. The third-order valence-corrected chi connectivity index (χ3v) is 7.09. The number of anilines is 3. The van der Waals surface area contributed by atoms with Gasteiger partial charge in [0.1, 0.15) is 17.1 Å². The number of aromatic amines is 2. The molecule has 3 aromatic carbocycles. The number of rotatable bonds is 3. The Balaban J connectivity index is 1.64. The van der Waals surface area contributed by atoms with Crippen LogP contribution in [0.4, 0.5) is 23.0 Å². The first-order chi connectivity index (χ1) is 18.9. The van der Waals surface area contributed by atoms with Gasteiger partial charge in [-0.15, -0.1) is 0 Å². The maximum absolute atomic E-state index is 14.1. The molecule has 4 heterocycles. The molecule has 1 amide bonds. The Morgan fingerprint density at radius 2 is 1.54 bits per heavy atom. The van der Waals surface area contributed by atoms with E-state index in [9.17, 15) is 24.5 Å². The van der Waals surface area contributed by atoms with Gasteiger partial charge in [0.25, 0.3) is 11.2 Å². The van der Waals surface area contributed by atoms with E-state index in [2.05, 4.69) is 20.6 Å². The van der Waals surface area contributed by atoms with E-state index in [4.69, 9.17) is 5.10 Å². The molecule has 0 radical (unpaired) electrons. The third-order valence-electron chi connectivity index (χ3n) is 7.09. The summed E-state index contributed by atoms with van der Waals surface area (Å²) in [5.74, 6) is -0.111. The van der Waals surface area contributed by atoms with Crippen molar-refractivity contribution < 1.29 is 9.72 Å². The Morgan fingerprint density at radius 1 is 0.821 bits per heavy atom. The van der Waals surface area contributed by atoms with Crippen LogP contribution in [0.25, 0.3) is 16.9 Å². The number of amides is 1. The van der Waals surface area contributed by atoms with Crippen LogP contribution in [0.3, 0.4) is 0 Å². The predicted molar refractivity (Wildman–Crippen MR) is 142 cm³/mol. The van der Waals surface area contributed by atoms with E-state index < -0.39 is 27.5 Å². The highest BCUT2D eigenvalue weighted by Crippen LogP contribution is 2.56. The summed E-state index contributed by atoms with van der Waals surface area (Å²) < 4.78 is 1.51. The first kappa shape index (κ1) is 22.4. The third kappa shape index (κ3) is 2.99. The molecule has 0 bridgehead atoms. The van der Waals surface area contributed by atoms with Gasteiger partial charge in [0, 0.05) is 34.5 Å². The lowest BCUT2D eigenvalue weighted by molar-refractivity contribution is -0.384. The van der Waals surface area contributed by atoms with Gasteiger partial charge in [-0.1, -0.05) is 48.5 Å². The zero-order valence-corrected chi connectivity index (χ0v) is 19.9. The topological polar surface area (TPSA) is 168 Å². The summed E-state index contributed by atoms with van der Waals surface area (Å²) in [7, 11) is 0. The number of nitrogens with one attached hydrogen (secondary N) is 4. The van der Waals surface area contributed by atoms with Crippen molar-refractivity contribution in [2.45, 2.75) is 5.41 Å². The van der Waals surface area contributed by atoms with Crippen LogP contribution in [0.1, 0.15) is 16.7 Å². The molecular formula is C27H17N7O5. The molecule has 12 heteroatoms. The van der Waals surface area contributed by atoms with Gasteiger partial charge in [0.15, 0.2) is 0 Å². The predicted octanol–water partition coefficient (Wildman–Crippen LogP) is 3.17. The highest BCUT2D eigenvalue weighted by Gasteiger charge is 2.58. The number of nitrogens with zero attached hydrogens (tertiary/aromatic N) is 3.